The summed E-state index contributed by atoms with van der Waals surface area (Å²) in [5.41, 5.74) is 4.09. The lowest BCUT2D eigenvalue weighted by atomic mass is 9.95. The number of ether oxygens (including phenoxy) is 3. The largest absolute Gasteiger partial charge is 0.497 e. The van der Waals surface area contributed by atoms with E-state index in [1.165, 1.54) is 11.3 Å². The Balaban J connectivity index is 1.40. The molecule has 1 aromatic heterocycles. The predicted molar refractivity (Wildman–Crippen MR) is 188 cm³/mol. The zero-order valence-electron chi connectivity index (χ0n) is 26.2. The fourth-order valence-electron chi connectivity index (χ4n) is 5.40. The smallest absolute Gasteiger partial charge is 0.271 e. The number of aromatic nitrogens is 1. The quantitative estimate of drug-likeness (QED) is 0.197. The van der Waals surface area contributed by atoms with Crippen LogP contribution in [0.5, 0.6) is 17.2 Å². The molecule has 1 aliphatic rings. The number of hydrogen-bond acceptors (Lipinski definition) is 8. The maximum atomic E-state index is 14.2. The summed E-state index contributed by atoms with van der Waals surface area (Å²) in [6.07, 6.45) is 1.77. The highest BCUT2D eigenvalue weighted by atomic mass is 79.9. The number of benzene rings is 4. The summed E-state index contributed by atoms with van der Waals surface area (Å²) in [6, 6.07) is 28.7. The zero-order chi connectivity index (χ0) is 33.8. The fraction of sp³-hybridized carbons (Fsp3) is 0.135. The number of nitriles is 1. The van der Waals surface area contributed by atoms with Crippen molar-refractivity contribution in [3.63, 3.8) is 0 Å². The summed E-state index contributed by atoms with van der Waals surface area (Å²) in [5, 5.41) is 12.0. The molecule has 9 nitrogen and oxygen atoms in total. The zero-order valence-corrected chi connectivity index (χ0v) is 28.6. The number of para-hydroxylation sites is 1. The highest BCUT2D eigenvalue weighted by Crippen LogP contribution is 2.38. The van der Waals surface area contributed by atoms with Crippen LogP contribution in [0.25, 0.3) is 6.08 Å². The van der Waals surface area contributed by atoms with Gasteiger partial charge in [0.2, 0.25) is 0 Å². The van der Waals surface area contributed by atoms with Crippen molar-refractivity contribution in [2.75, 3.05) is 19.5 Å². The molecular formula is C37H29BrN4O5S. The molecule has 48 heavy (non-hydrogen) atoms. The third kappa shape index (κ3) is 6.67. The number of fused-ring (bicyclic) bond motifs is 1. The first-order valence-electron chi connectivity index (χ1n) is 14.8. The predicted octanol–water partition coefficient (Wildman–Crippen LogP) is 6.10. The van der Waals surface area contributed by atoms with Gasteiger partial charge < -0.3 is 19.5 Å². The van der Waals surface area contributed by atoms with Gasteiger partial charge in [-0.05, 0) is 94.2 Å². The van der Waals surface area contributed by atoms with Crippen molar-refractivity contribution in [3.8, 4) is 23.3 Å². The molecule has 2 heterocycles. The van der Waals surface area contributed by atoms with Gasteiger partial charge in [0.15, 0.2) is 16.3 Å². The minimum atomic E-state index is -0.749. The van der Waals surface area contributed by atoms with Crippen molar-refractivity contribution in [3.05, 3.63) is 149 Å². The molecule has 0 saturated heterocycles. The second-order valence-electron chi connectivity index (χ2n) is 10.8. The van der Waals surface area contributed by atoms with Crippen molar-refractivity contribution in [1.82, 2.24) is 4.57 Å². The molecule has 11 heteroatoms. The summed E-state index contributed by atoms with van der Waals surface area (Å²) >= 11 is 4.85. The van der Waals surface area contributed by atoms with E-state index in [4.69, 9.17) is 24.5 Å². The van der Waals surface area contributed by atoms with Gasteiger partial charge in [-0.1, -0.05) is 53.8 Å². The van der Waals surface area contributed by atoms with Crippen molar-refractivity contribution >= 4 is 44.9 Å². The standard InChI is InChI=1S/C37H29BrN4O5S/c1-22-32(35(43)41-27-9-5-4-6-10-27)33(26-8-7-11-28(19-26)45-2)42-36(44)31(48-37(42)40-22)18-25-16-29(38)34(30(17-25)46-3)47-21-24-14-12-23(20-39)13-15-24/h4-19,33H,21H2,1-3H3,(H,41,43)/b31-18-/t33-/m1/s1. The van der Waals surface area contributed by atoms with Crippen molar-refractivity contribution in [2.24, 2.45) is 4.99 Å². The Hall–Kier alpha value is -5.44. The fourth-order valence-corrected chi connectivity index (χ4v) is 7.03. The lowest BCUT2D eigenvalue weighted by Crippen LogP contribution is -2.40. The first-order valence-corrected chi connectivity index (χ1v) is 16.4. The van der Waals surface area contributed by atoms with E-state index in [0.717, 1.165) is 5.56 Å². The number of thiazole rings is 1. The van der Waals surface area contributed by atoms with Crippen molar-refractivity contribution in [2.45, 2.75) is 19.6 Å². The van der Waals surface area contributed by atoms with Crippen LogP contribution in [0.2, 0.25) is 0 Å². The van der Waals surface area contributed by atoms with Crippen LogP contribution in [0.4, 0.5) is 5.69 Å². The number of nitrogens with zero attached hydrogens (tertiary/aromatic N) is 3. The Labute approximate surface area is 288 Å². The topological polar surface area (TPSA) is 115 Å². The van der Waals surface area contributed by atoms with E-state index >= 15 is 0 Å². The second-order valence-corrected chi connectivity index (χ2v) is 12.7. The van der Waals surface area contributed by atoms with Crippen molar-refractivity contribution in [1.29, 1.82) is 5.26 Å². The number of allylic oxidation sites excluding steroid dienone is 1. The molecule has 4 aromatic carbocycles. The molecule has 0 fully saturated rings. The molecule has 5 aromatic rings. The number of halogens is 1. The van der Waals surface area contributed by atoms with E-state index in [1.54, 1.807) is 62.1 Å². The van der Waals surface area contributed by atoms with Gasteiger partial charge in [-0.3, -0.25) is 14.2 Å². The molecule has 0 radical (unpaired) electrons. The molecule has 0 aliphatic carbocycles. The summed E-state index contributed by atoms with van der Waals surface area (Å²) in [4.78, 5) is 33.2. The number of carbonyl (C=O) groups is 1. The molecule has 1 aliphatic heterocycles. The van der Waals surface area contributed by atoms with Crippen LogP contribution in [0.1, 0.15) is 35.2 Å². The molecule has 0 unspecified atom stereocenters. The number of rotatable bonds is 9. The van der Waals surface area contributed by atoms with Gasteiger partial charge in [-0.25, -0.2) is 4.99 Å². The first-order chi connectivity index (χ1) is 23.3. The summed E-state index contributed by atoms with van der Waals surface area (Å²) in [5.74, 6) is 1.23. The maximum Gasteiger partial charge on any atom is 0.271 e. The minimum Gasteiger partial charge on any atom is -0.497 e. The number of methoxy groups -OCH3 is 2. The van der Waals surface area contributed by atoms with Crippen LogP contribution >= 0.6 is 27.3 Å². The second kappa shape index (κ2) is 14.1. The lowest BCUT2D eigenvalue weighted by Gasteiger charge is -2.25. The molecule has 0 bridgehead atoms. The first kappa shape index (κ1) is 32.5. The van der Waals surface area contributed by atoms with Gasteiger partial charge in [-0.15, -0.1) is 0 Å². The van der Waals surface area contributed by atoms with Crippen LogP contribution < -0.4 is 34.4 Å². The Morgan fingerprint density at radius 3 is 2.52 bits per heavy atom. The van der Waals surface area contributed by atoms with E-state index in [9.17, 15) is 9.59 Å². The highest BCUT2D eigenvalue weighted by Gasteiger charge is 2.33. The van der Waals surface area contributed by atoms with Crippen molar-refractivity contribution < 1.29 is 19.0 Å². The number of amides is 1. The van der Waals surface area contributed by atoms with E-state index in [1.807, 2.05) is 60.7 Å². The van der Waals surface area contributed by atoms with Crippen LogP contribution in [-0.2, 0) is 11.4 Å². The summed E-state index contributed by atoms with van der Waals surface area (Å²) < 4.78 is 19.9. The van der Waals surface area contributed by atoms with Gasteiger partial charge in [-0.2, -0.15) is 5.26 Å². The van der Waals surface area contributed by atoms with Crippen LogP contribution in [0, 0.1) is 11.3 Å². The third-order valence-corrected chi connectivity index (χ3v) is 9.30. The van der Waals surface area contributed by atoms with E-state index < -0.39 is 6.04 Å². The number of carbonyl (C=O) groups excluding carboxylic acids is 1. The van der Waals surface area contributed by atoms with Gasteiger partial charge >= 0.3 is 0 Å². The molecule has 0 spiro atoms. The third-order valence-electron chi connectivity index (χ3n) is 7.72. The summed E-state index contributed by atoms with van der Waals surface area (Å²) in [6.45, 7) is 2.05. The number of nitrogens with one attached hydrogen (secondary N) is 1. The number of hydrogen-bond donors (Lipinski definition) is 1. The normalized spacial score (nSPS) is 14.1. The molecule has 6 rings (SSSR count). The van der Waals surface area contributed by atoms with E-state index in [2.05, 4.69) is 27.3 Å². The molecular weight excluding hydrogens is 692 g/mol. The SMILES string of the molecule is COc1cccc([C@@H]2C(C(=O)Nc3ccccc3)=C(C)N=c3s/c(=C\c4cc(Br)c(OCc5ccc(C#N)cc5)c(OC)c4)c(=O)n32)c1. The average molecular weight is 722 g/mol. The average Bonchev–Trinajstić information content (AvgIpc) is 3.40. The van der Waals surface area contributed by atoms with Gasteiger partial charge in [0.25, 0.3) is 11.5 Å². The van der Waals surface area contributed by atoms with Crippen LogP contribution in [0.15, 0.2) is 117 Å². The van der Waals surface area contributed by atoms with Gasteiger partial charge in [0.05, 0.1) is 52.2 Å². The Bertz CT molecular complexity index is 2270. The Morgan fingerprint density at radius 2 is 1.81 bits per heavy atom. The van der Waals surface area contributed by atoms with Gasteiger partial charge in [0, 0.05) is 5.69 Å². The van der Waals surface area contributed by atoms with Crippen LogP contribution in [0.3, 0.4) is 0 Å². The lowest BCUT2D eigenvalue weighted by molar-refractivity contribution is -0.113. The maximum absolute atomic E-state index is 14.2. The van der Waals surface area contributed by atoms with Gasteiger partial charge in [0.1, 0.15) is 12.4 Å². The molecule has 0 saturated carbocycles. The Morgan fingerprint density at radius 1 is 1.04 bits per heavy atom. The minimum absolute atomic E-state index is 0.266. The molecule has 1 atom stereocenters. The number of anilines is 1. The highest BCUT2D eigenvalue weighted by molar-refractivity contribution is 9.10. The monoisotopic (exact) mass is 720 g/mol. The van der Waals surface area contributed by atoms with E-state index in [0.29, 0.717) is 64.7 Å². The Kier molecular flexibility index (Phi) is 9.57. The summed E-state index contributed by atoms with van der Waals surface area (Å²) in [7, 11) is 3.12. The molecule has 1 amide bonds. The van der Waals surface area contributed by atoms with E-state index in [-0.39, 0.29) is 18.1 Å². The molecule has 240 valence electrons. The van der Waals surface area contributed by atoms with Crippen LogP contribution in [-0.4, -0.2) is 24.7 Å². The molecule has 1 N–H and O–H groups in total.